The molecule has 0 amide bonds. The minimum Gasteiger partial charge on any atom is -0.309 e. The summed E-state index contributed by atoms with van der Waals surface area (Å²) in [4.78, 5) is 21.2. The first kappa shape index (κ1) is 20.9. The van der Waals surface area contributed by atoms with Crippen LogP contribution >= 0.6 is 34.7 Å². The highest BCUT2D eigenvalue weighted by Gasteiger charge is 2.16. The lowest BCUT2D eigenvalue weighted by atomic mass is 10.1. The number of aryl methyl sites for hydroxylation is 1. The first-order valence-corrected chi connectivity index (χ1v) is 12.1. The van der Waals surface area contributed by atoms with Gasteiger partial charge in [-0.2, -0.15) is 0 Å². The fraction of sp³-hybridized carbons (Fsp3) is 0.130. The maximum absolute atomic E-state index is 12.9. The first-order valence-electron chi connectivity index (χ1n) is 9.86. The number of hydrogen-bond donors (Lipinski definition) is 1. The number of benzene rings is 2. The Morgan fingerprint density at radius 2 is 1.97 bits per heavy atom. The molecule has 6 nitrogen and oxygen atoms in total. The van der Waals surface area contributed by atoms with Gasteiger partial charge in [0.05, 0.1) is 11.1 Å². The Hall–Kier alpha value is -2.94. The maximum Gasteiger partial charge on any atom is 0.260 e. The van der Waals surface area contributed by atoms with Crippen molar-refractivity contribution < 1.29 is 0 Å². The van der Waals surface area contributed by atoms with E-state index in [4.69, 9.17) is 11.6 Å². The number of nitrogens with zero attached hydrogens (tertiary/aromatic N) is 4. The molecule has 160 valence electrons. The molecular weight excluding hydrogens is 462 g/mol. The minimum absolute atomic E-state index is 0.166. The first-order chi connectivity index (χ1) is 15.5. The van der Waals surface area contributed by atoms with E-state index < -0.39 is 0 Å². The van der Waals surface area contributed by atoms with Crippen molar-refractivity contribution in [2.24, 2.45) is 7.05 Å². The number of thioether (sulfide) groups is 1. The summed E-state index contributed by atoms with van der Waals surface area (Å²) in [6.07, 6.45) is 0. The molecule has 32 heavy (non-hydrogen) atoms. The van der Waals surface area contributed by atoms with Gasteiger partial charge in [0, 0.05) is 34.1 Å². The van der Waals surface area contributed by atoms with Crippen molar-refractivity contribution in [3.8, 4) is 22.5 Å². The second-order valence-corrected chi connectivity index (χ2v) is 9.55. The third-order valence-electron chi connectivity index (χ3n) is 5.11. The number of nitrogens with one attached hydrogen (secondary N) is 1. The second-order valence-electron chi connectivity index (χ2n) is 7.35. The predicted octanol–water partition coefficient (Wildman–Crippen LogP) is 5.70. The van der Waals surface area contributed by atoms with Crippen molar-refractivity contribution >= 4 is 44.9 Å². The normalized spacial score (nSPS) is 11.3. The van der Waals surface area contributed by atoms with E-state index in [9.17, 15) is 4.79 Å². The number of aromatic nitrogens is 5. The molecule has 0 atom stereocenters. The van der Waals surface area contributed by atoms with Crippen LogP contribution in [-0.4, -0.2) is 24.7 Å². The molecule has 0 aliphatic rings. The molecule has 0 aliphatic heterocycles. The zero-order valence-electron chi connectivity index (χ0n) is 17.3. The molecule has 5 rings (SSSR count). The second kappa shape index (κ2) is 8.54. The van der Waals surface area contributed by atoms with Crippen molar-refractivity contribution in [1.82, 2.24) is 24.7 Å². The van der Waals surface area contributed by atoms with Gasteiger partial charge < -0.3 is 9.55 Å². The van der Waals surface area contributed by atoms with Gasteiger partial charge in [-0.05, 0) is 19.1 Å². The Labute approximate surface area is 197 Å². The van der Waals surface area contributed by atoms with Gasteiger partial charge in [0.2, 0.25) is 0 Å². The molecular formula is C23H18ClN5OS2. The number of halogens is 1. The number of rotatable bonds is 5. The van der Waals surface area contributed by atoms with Gasteiger partial charge in [-0.3, -0.25) is 4.79 Å². The molecule has 3 aromatic heterocycles. The molecule has 0 bridgehead atoms. The highest BCUT2D eigenvalue weighted by Crippen LogP contribution is 2.35. The highest BCUT2D eigenvalue weighted by molar-refractivity contribution is 7.98. The van der Waals surface area contributed by atoms with Crippen LogP contribution in [-0.2, 0) is 12.8 Å². The van der Waals surface area contributed by atoms with Crippen LogP contribution in [0.1, 0.15) is 11.4 Å². The van der Waals surface area contributed by atoms with Gasteiger partial charge in [-0.1, -0.05) is 65.3 Å². The van der Waals surface area contributed by atoms with Gasteiger partial charge in [-0.15, -0.1) is 21.5 Å². The smallest absolute Gasteiger partial charge is 0.260 e. The maximum atomic E-state index is 12.9. The fourth-order valence-corrected chi connectivity index (χ4v) is 5.53. The third-order valence-corrected chi connectivity index (χ3v) is 7.34. The molecule has 0 saturated heterocycles. The summed E-state index contributed by atoms with van der Waals surface area (Å²) in [6.45, 7) is 2.05. The average Bonchev–Trinajstić information content (AvgIpc) is 3.36. The van der Waals surface area contributed by atoms with Gasteiger partial charge >= 0.3 is 0 Å². The lowest BCUT2D eigenvalue weighted by Crippen LogP contribution is -2.11. The Morgan fingerprint density at radius 3 is 2.78 bits per heavy atom. The van der Waals surface area contributed by atoms with Crippen LogP contribution in [0.25, 0.3) is 32.7 Å². The summed E-state index contributed by atoms with van der Waals surface area (Å²) in [6, 6.07) is 15.7. The van der Waals surface area contributed by atoms with Crippen molar-refractivity contribution in [1.29, 1.82) is 0 Å². The topological polar surface area (TPSA) is 76.5 Å². The Bertz CT molecular complexity index is 1500. The number of thiophene rings is 1. The molecule has 3 heterocycles. The van der Waals surface area contributed by atoms with E-state index >= 15 is 0 Å². The lowest BCUT2D eigenvalue weighted by molar-refractivity contribution is 0.793. The van der Waals surface area contributed by atoms with Crippen molar-refractivity contribution in [3.05, 3.63) is 80.7 Å². The molecule has 9 heteroatoms. The van der Waals surface area contributed by atoms with Gasteiger partial charge in [0.15, 0.2) is 11.0 Å². The molecule has 5 aromatic rings. The number of aromatic amines is 1. The van der Waals surface area contributed by atoms with Crippen LogP contribution in [0, 0.1) is 6.92 Å². The van der Waals surface area contributed by atoms with Gasteiger partial charge in [0.25, 0.3) is 5.56 Å². The van der Waals surface area contributed by atoms with E-state index in [2.05, 4.69) is 39.2 Å². The predicted molar refractivity (Wildman–Crippen MR) is 131 cm³/mol. The monoisotopic (exact) mass is 479 g/mol. The van der Waals surface area contributed by atoms with Crippen LogP contribution in [0.5, 0.6) is 0 Å². The summed E-state index contributed by atoms with van der Waals surface area (Å²) in [5.74, 6) is 1.88. The van der Waals surface area contributed by atoms with Crippen molar-refractivity contribution in [2.75, 3.05) is 0 Å². The van der Waals surface area contributed by atoms with Crippen molar-refractivity contribution in [2.45, 2.75) is 17.8 Å². The van der Waals surface area contributed by atoms with Gasteiger partial charge in [-0.25, -0.2) is 4.98 Å². The Balaban J connectivity index is 1.42. The molecule has 0 saturated carbocycles. The standard InChI is InChI=1S/C23H18ClN5OS2/c1-13-6-5-7-14(10-13)20-27-28-23(29(20)2)32-12-18-25-21(30)19-16(11-31-22(19)26-18)15-8-3-4-9-17(15)24/h3-11H,12H2,1-2H3,(H,25,26,30). The number of fused-ring (bicyclic) bond motifs is 1. The molecule has 0 radical (unpaired) electrons. The number of hydrogen-bond acceptors (Lipinski definition) is 6. The summed E-state index contributed by atoms with van der Waals surface area (Å²) >= 11 is 9.26. The van der Waals surface area contributed by atoms with Gasteiger partial charge in [0.1, 0.15) is 10.7 Å². The van der Waals surface area contributed by atoms with E-state index in [1.165, 1.54) is 28.7 Å². The van der Waals surface area contributed by atoms with Crippen LogP contribution in [0.15, 0.2) is 63.9 Å². The molecule has 0 fully saturated rings. The summed E-state index contributed by atoms with van der Waals surface area (Å²) in [5.41, 5.74) is 3.66. The zero-order chi connectivity index (χ0) is 22.2. The SMILES string of the molecule is Cc1cccc(-c2nnc(SCc3nc4scc(-c5ccccc5Cl)c4c(=O)[nH]3)n2C)c1. The summed E-state index contributed by atoms with van der Waals surface area (Å²) < 4.78 is 1.96. The average molecular weight is 480 g/mol. The van der Waals surface area contributed by atoms with E-state index in [-0.39, 0.29) is 5.56 Å². The fourth-order valence-electron chi connectivity index (χ4n) is 3.55. The number of H-pyrrole nitrogens is 1. The van der Waals surface area contributed by atoms with Crippen LogP contribution < -0.4 is 5.56 Å². The minimum atomic E-state index is -0.166. The largest absolute Gasteiger partial charge is 0.309 e. The van der Waals surface area contributed by atoms with E-state index in [1.54, 1.807) is 0 Å². The molecule has 0 spiro atoms. The molecule has 0 aliphatic carbocycles. The quantitative estimate of drug-likeness (QED) is 0.327. The Kier molecular flexibility index (Phi) is 5.58. The van der Waals surface area contributed by atoms with E-state index in [0.29, 0.717) is 26.8 Å². The molecule has 1 N–H and O–H groups in total. The van der Waals surface area contributed by atoms with E-state index in [0.717, 1.165) is 27.7 Å². The van der Waals surface area contributed by atoms with Crippen molar-refractivity contribution in [3.63, 3.8) is 0 Å². The molecule has 2 aromatic carbocycles. The molecule has 0 unspecified atom stereocenters. The third kappa shape index (κ3) is 3.85. The summed E-state index contributed by atoms with van der Waals surface area (Å²) in [5, 5.41) is 12.5. The highest BCUT2D eigenvalue weighted by atomic mass is 35.5. The summed E-state index contributed by atoms with van der Waals surface area (Å²) in [7, 11) is 1.94. The zero-order valence-corrected chi connectivity index (χ0v) is 19.7. The lowest BCUT2D eigenvalue weighted by Gasteiger charge is -2.05. The Morgan fingerprint density at radius 1 is 1.12 bits per heavy atom. The van der Waals surface area contributed by atoms with E-state index in [1.807, 2.05) is 53.4 Å². The van der Waals surface area contributed by atoms with Crippen LogP contribution in [0.3, 0.4) is 0 Å². The van der Waals surface area contributed by atoms with Crippen LogP contribution in [0.4, 0.5) is 0 Å². The van der Waals surface area contributed by atoms with Crippen LogP contribution in [0.2, 0.25) is 5.02 Å².